The number of hydrogen-bond acceptors (Lipinski definition) is 5. The number of hydrogen-bond donors (Lipinski definition) is 1. The zero-order chi connectivity index (χ0) is 24.2. The average molecular weight is 575 g/mol. The molecule has 9 heteroatoms. The quantitative estimate of drug-likeness (QED) is 0.250. The Balaban J connectivity index is 1.64. The lowest BCUT2D eigenvalue weighted by Gasteiger charge is -2.23. The number of carbonyl (C=O) groups is 2. The average Bonchev–Trinajstić information content (AvgIpc) is 3.08. The topological polar surface area (TPSA) is 66.8 Å². The molecule has 0 aliphatic carbocycles. The van der Waals surface area contributed by atoms with Crippen molar-refractivity contribution in [3.05, 3.63) is 104 Å². The van der Waals surface area contributed by atoms with Crippen LogP contribution >= 0.6 is 51.5 Å². The maximum atomic E-state index is 13.3. The van der Waals surface area contributed by atoms with Gasteiger partial charge in [-0.05, 0) is 35.9 Å². The van der Waals surface area contributed by atoms with Gasteiger partial charge in [-0.3, -0.25) is 9.69 Å². The van der Waals surface area contributed by atoms with Gasteiger partial charge in [0.15, 0.2) is 6.04 Å². The van der Waals surface area contributed by atoms with E-state index in [0.717, 1.165) is 26.7 Å². The molecule has 3 aromatic rings. The molecule has 0 aromatic heterocycles. The predicted octanol–water partition coefficient (Wildman–Crippen LogP) is 6.71. The summed E-state index contributed by atoms with van der Waals surface area (Å²) in [6, 6.07) is 20.2. The van der Waals surface area contributed by atoms with Crippen LogP contribution in [0.25, 0.3) is 6.08 Å². The van der Waals surface area contributed by atoms with Gasteiger partial charge >= 0.3 is 5.97 Å². The van der Waals surface area contributed by atoms with E-state index in [1.807, 2.05) is 30.3 Å². The largest absolute Gasteiger partial charge is 0.488 e. The van der Waals surface area contributed by atoms with E-state index in [-0.39, 0.29) is 10.9 Å². The predicted molar refractivity (Wildman–Crippen MR) is 142 cm³/mol. The van der Waals surface area contributed by atoms with E-state index >= 15 is 0 Å². The molecular formula is C25H17BrClNO4S2. The summed E-state index contributed by atoms with van der Waals surface area (Å²) in [7, 11) is 0. The van der Waals surface area contributed by atoms with Crippen molar-refractivity contribution < 1.29 is 19.4 Å². The lowest BCUT2D eigenvalue weighted by Crippen LogP contribution is -2.37. The summed E-state index contributed by atoms with van der Waals surface area (Å²) >= 11 is 16.2. The maximum absolute atomic E-state index is 13.3. The number of carboxylic acids is 1. The van der Waals surface area contributed by atoms with E-state index in [1.54, 1.807) is 48.5 Å². The first-order valence-electron chi connectivity index (χ1n) is 10.1. The molecule has 0 spiro atoms. The van der Waals surface area contributed by atoms with Crippen LogP contribution in [0.1, 0.15) is 22.7 Å². The molecule has 0 saturated carbocycles. The van der Waals surface area contributed by atoms with E-state index < -0.39 is 17.9 Å². The molecule has 5 nitrogen and oxygen atoms in total. The maximum Gasteiger partial charge on any atom is 0.331 e. The third-order valence-electron chi connectivity index (χ3n) is 5.03. The second-order valence-electron chi connectivity index (χ2n) is 7.27. The number of carbonyl (C=O) groups excluding carboxylic acids is 1. The molecule has 1 N–H and O–H groups in total. The van der Waals surface area contributed by atoms with Crippen LogP contribution < -0.4 is 4.74 Å². The summed E-state index contributed by atoms with van der Waals surface area (Å²) in [6.07, 6.45) is 1.66. The number of benzene rings is 3. The second-order valence-corrected chi connectivity index (χ2v) is 10.3. The molecule has 4 rings (SSSR count). The van der Waals surface area contributed by atoms with Crippen molar-refractivity contribution in [3.63, 3.8) is 0 Å². The minimum atomic E-state index is -1.21. The normalized spacial score (nSPS) is 15.6. The van der Waals surface area contributed by atoms with Gasteiger partial charge in [0.1, 0.15) is 16.7 Å². The van der Waals surface area contributed by atoms with Crippen LogP contribution in [-0.4, -0.2) is 26.2 Å². The third kappa shape index (κ3) is 5.36. The second kappa shape index (κ2) is 10.7. The number of thiocarbonyl (C=S) groups is 1. The standard InChI is InChI=1S/C25H17BrClNO4S2/c26-18-10-11-20(32-14-16-8-4-5-9-19(16)27)17(12-18)13-21-23(29)28(25(33)34-21)22(24(30)31)15-6-2-1-3-7-15/h1-13,22H,14H2,(H,30,31)/b21-13-. The zero-order valence-electron chi connectivity index (χ0n) is 17.5. The van der Waals surface area contributed by atoms with Crippen molar-refractivity contribution in [3.8, 4) is 5.75 Å². The Morgan fingerprint density at radius 1 is 1.15 bits per heavy atom. The Labute approximate surface area is 219 Å². The molecule has 0 bridgehead atoms. The molecule has 172 valence electrons. The van der Waals surface area contributed by atoms with E-state index in [1.165, 1.54) is 0 Å². The number of nitrogens with zero attached hydrogens (tertiary/aromatic N) is 1. The van der Waals surface area contributed by atoms with Crippen LogP contribution in [0, 0.1) is 0 Å². The molecule has 3 aromatic carbocycles. The van der Waals surface area contributed by atoms with Crippen LogP contribution in [0.4, 0.5) is 0 Å². The molecule has 0 radical (unpaired) electrons. The van der Waals surface area contributed by atoms with Crippen molar-refractivity contribution in [2.45, 2.75) is 12.6 Å². The first-order chi connectivity index (χ1) is 16.3. The van der Waals surface area contributed by atoms with Gasteiger partial charge in [-0.2, -0.15) is 0 Å². The molecule has 34 heavy (non-hydrogen) atoms. The molecular weight excluding hydrogens is 558 g/mol. The molecule has 1 unspecified atom stereocenters. The zero-order valence-corrected chi connectivity index (χ0v) is 21.5. The SMILES string of the molecule is O=C(O)C(c1ccccc1)N1C(=O)/C(=C/c2cc(Br)ccc2OCc2ccccc2Cl)SC1=S. The molecule has 1 aliphatic heterocycles. The number of ether oxygens (including phenoxy) is 1. The van der Waals surface area contributed by atoms with Gasteiger partial charge in [-0.25, -0.2) is 4.79 Å². The molecule has 1 aliphatic rings. The van der Waals surface area contributed by atoms with Crippen LogP contribution in [0.5, 0.6) is 5.75 Å². The van der Waals surface area contributed by atoms with Gasteiger partial charge < -0.3 is 9.84 Å². The Kier molecular flexibility index (Phi) is 7.73. The third-order valence-corrected chi connectivity index (χ3v) is 7.22. The molecule has 1 atom stereocenters. The van der Waals surface area contributed by atoms with Crippen LogP contribution in [0.15, 0.2) is 82.2 Å². The van der Waals surface area contributed by atoms with E-state index in [2.05, 4.69) is 15.9 Å². The monoisotopic (exact) mass is 573 g/mol. The molecule has 1 saturated heterocycles. The van der Waals surface area contributed by atoms with Crippen LogP contribution in [0.2, 0.25) is 5.02 Å². The first kappa shape index (κ1) is 24.5. The minimum Gasteiger partial charge on any atom is -0.488 e. The highest BCUT2D eigenvalue weighted by Gasteiger charge is 2.41. The molecule has 1 heterocycles. The molecule has 1 fully saturated rings. The number of carboxylic acid groups (broad SMARTS) is 1. The van der Waals surface area contributed by atoms with Gasteiger partial charge in [0.05, 0.1) is 4.91 Å². The highest BCUT2D eigenvalue weighted by atomic mass is 79.9. The Hall–Kier alpha value is -2.65. The number of thioether (sulfide) groups is 1. The number of amides is 1. The summed E-state index contributed by atoms with van der Waals surface area (Å²) in [4.78, 5) is 26.8. The first-order valence-corrected chi connectivity index (χ1v) is 12.5. The summed E-state index contributed by atoms with van der Waals surface area (Å²) in [5.74, 6) is -1.08. The lowest BCUT2D eigenvalue weighted by molar-refractivity contribution is -0.145. The van der Waals surface area contributed by atoms with E-state index in [4.69, 9.17) is 28.6 Å². The summed E-state index contributed by atoms with van der Waals surface area (Å²) in [5.41, 5.74) is 1.95. The van der Waals surface area contributed by atoms with Gasteiger partial charge in [0.25, 0.3) is 5.91 Å². The van der Waals surface area contributed by atoms with E-state index in [0.29, 0.717) is 26.8 Å². The van der Waals surface area contributed by atoms with Crippen LogP contribution in [-0.2, 0) is 16.2 Å². The lowest BCUT2D eigenvalue weighted by atomic mass is 10.1. The smallest absolute Gasteiger partial charge is 0.331 e. The number of rotatable bonds is 7. The summed E-state index contributed by atoms with van der Waals surface area (Å²) in [5, 5.41) is 10.5. The van der Waals surface area contributed by atoms with Crippen molar-refractivity contribution in [2.75, 3.05) is 0 Å². The Morgan fingerprint density at radius 2 is 1.85 bits per heavy atom. The van der Waals surface area contributed by atoms with Gasteiger partial charge in [-0.15, -0.1) is 0 Å². The van der Waals surface area contributed by atoms with Crippen LogP contribution in [0.3, 0.4) is 0 Å². The summed E-state index contributed by atoms with van der Waals surface area (Å²) in [6.45, 7) is 0.248. The Morgan fingerprint density at radius 3 is 2.56 bits per heavy atom. The highest BCUT2D eigenvalue weighted by Crippen LogP contribution is 2.39. The van der Waals surface area contributed by atoms with Gasteiger partial charge in [0.2, 0.25) is 0 Å². The van der Waals surface area contributed by atoms with Crippen molar-refractivity contribution in [2.24, 2.45) is 0 Å². The fourth-order valence-electron chi connectivity index (χ4n) is 3.42. The van der Waals surface area contributed by atoms with Crippen molar-refractivity contribution in [1.29, 1.82) is 0 Å². The highest BCUT2D eigenvalue weighted by molar-refractivity contribution is 9.10. The minimum absolute atomic E-state index is 0.182. The number of aliphatic carboxylic acids is 1. The fourth-order valence-corrected chi connectivity index (χ4v) is 5.29. The van der Waals surface area contributed by atoms with Gasteiger partial charge in [-0.1, -0.05) is 100 Å². The Bertz CT molecular complexity index is 1300. The molecule has 1 amide bonds. The summed E-state index contributed by atoms with van der Waals surface area (Å²) < 4.78 is 6.98. The number of halogens is 2. The van der Waals surface area contributed by atoms with Crippen molar-refractivity contribution >= 4 is 73.8 Å². The van der Waals surface area contributed by atoms with Crippen molar-refractivity contribution in [1.82, 2.24) is 4.90 Å². The van der Waals surface area contributed by atoms with Gasteiger partial charge in [0, 0.05) is 20.6 Å². The van der Waals surface area contributed by atoms with E-state index in [9.17, 15) is 14.7 Å². The fraction of sp³-hybridized carbons (Fsp3) is 0.0800.